The average molecular weight is 331 g/mol. The lowest BCUT2D eigenvalue weighted by atomic mass is 10.00. The number of hydrogen-bond acceptors (Lipinski definition) is 2. The van der Waals surface area contributed by atoms with Crippen LogP contribution in [0.25, 0.3) is 0 Å². The van der Waals surface area contributed by atoms with Crippen LogP contribution in [0, 0.1) is 6.92 Å². The molecule has 1 aliphatic carbocycles. The van der Waals surface area contributed by atoms with Gasteiger partial charge in [-0.3, -0.25) is 0 Å². The van der Waals surface area contributed by atoms with Crippen molar-refractivity contribution in [3.8, 4) is 0 Å². The van der Waals surface area contributed by atoms with Crippen LogP contribution in [0.5, 0.6) is 0 Å². The maximum atomic E-state index is 13.0. The summed E-state index contributed by atoms with van der Waals surface area (Å²) in [4.78, 5) is 0.330. The minimum atomic E-state index is -3.54. The third-order valence-electron chi connectivity index (χ3n) is 4.09. The van der Waals surface area contributed by atoms with Gasteiger partial charge in [-0.2, -0.15) is 4.31 Å². The van der Waals surface area contributed by atoms with E-state index in [9.17, 15) is 8.42 Å². The van der Waals surface area contributed by atoms with E-state index < -0.39 is 10.0 Å². The molecule has 4 heteroatoms. The molecule has 0 N–H and O–H groups in total. The SMILES string of the molecule is C=CC(=C)CN(CC1=CCCCC1)S(=O)(=O)c1ccc(C)cc1. The molecule has 0 spiro atoms. The summed E-state index contributed by atoms with van der Waals surface area (Å²) in [6.07, 6.45) is 8.13. The second kappa shape index (κ2) is 7.75. The molecule has 3 nitrogen and oxygen atoms in total. The second-order valence-corrected chi connectivity index (χ2v) is 7.99. The molecule has 0 saturated heterocycles. The summed E-state index contributed by atoms with van der Waals surface area (Å²) >= 11 is 0. The summed E-state index contributed by atoms with van der Waals surface area (Å²) in [5.74, 6) is 0. The number of aryl methyl sites for hydroxylation is 1. The van der Waals surface area contributed by atoms with Crippen LogP contribution in [-0.2, 0) is 10.0 Å². The molecule has 0 saturated carbocycles. The van der Waals surface area contributed by atoms with Crippen molar-refractivity contribution >= 4 is 10.0 Å². The zero-order valence-corrected chi connectivity index (χ0v) is 14.6. The van der Waals surface area contributed by atoms with E-state index in [0.29, 0.717) is 17.0 Å². The molecule has 0 bridgehead atoms. The summed E-state index contributed by atoms with van der Waals surface area (Å²) in [6.45, 7) is 10.2. The van der Waals surface area contributed by atoms with Gasteiger partial charge in [0.2, 0.25) is 10.0 Å². The van der Waals surface area contributed by atoms with Crippen molar-refractivity contribution in [1.29, 1.82) is 0 Å². The standard InChI is InChI=1S/C19H25NO2S/c1-4-16(2)14-20(15-18-8-6-5-7-9-18)23(21,22)19-12-10-17(3)11-13-19/h4,8,10-13H,1-2,5-7,9,14-15H2,3H3. The third-order valence-corrected chi connectivity index (χ3v) is 5.90. The van der Waals surface area contributed by atoms with Gasteiger partial charge in [-0.05, 0) is 50.3 Å². The average Bonchev–Trinajstić information content (AvgIpc) is 2.55. The van der Waals surface area contributed by atoms with Gasteiger partial charge in [0.05, 0.1) is 4.90 Å². The molecule has 0 aromatic heterocycles. The fourth-order valence-corrected chi connectivity index (χ4v) is 4.10. The quantitative estimate of drug-likeness (QED) is 0.554. The lowest BCUT2D eigenvalue weighted by Gasteiger charge is -2.25. The summed E-state index contributed by atoms with van der Waals surface area (Å²) in [5, 5.41) is 0. The number of nitrogens with zero attached hydrogens (tertiary/aromatic N) is 1. The van der Waals surface area contributed by atoms with Gasteiger partial charge >= 0.3 is 0 Å². The Kier molecular flexibility index (Phi) is 5.97. The largest absolute Gasteiger partial charge is 0.243 e. The highest BCUT2D eigenvalue weighted by Gasteiger charge is 2.25. The number of sulfonamides is 1. The Morgan fingerprint density at radius 1 is 1.26 bits per heavy atom. The van der Waals surface area contributed by atoms with Crippen LogP contribution in [0.3, 0.4) is 0 Å². The van der Waals surface area contributed by atoms with Gasteiger partial charge in [0.25, 0.3) is 0 Å². The summed E-state index contributed by atoms with van der Waals surface area (Å²) < 4.78 is 27.5. The fourth-order valence-electron chi connectivity index (χ4n) is 2.65. The Bertz CT molecular complexity index is 699. The first-order valence-electron chi connectivity index (χ1n) is 7.98. The molecule has 0 heterocycles. The van der Waals surface area contributed by atoms with Crippen molar-refractivity contribution in [2.75, 3.05) is 13.1 Å². The molecule has 2 rings (SSSR count). The van der Waals surface area contributed by atoms with Crippen molar-refractivity contribution in [2.24, 2.45) is 0 Å². The van der Waals surface area contributed by atoms with Crippen molar-refractivity contribution < 1.29 is 8.42 Å². The molecule has 23 heavy (non-hydrogen) atoms. The van der Waals surface area contributed by atoms with E-state index in [1.54, 1.807) is 18.2 Å². The van der Waals surface area contributed by atoms with Crippen molar-refractivity contribution in [3.63, 3.8) is 0 Å². The summed E-state index contributed by atoms with van der Waals surface area (Å²) in [6, 6.07) is 6.99. The van der Waals surface area contributed by atoms with Crippen molar-refractivity contribution in [2.45, 2.75) is 37.5 Å². The second-order valence-electron chi connectivity index (χ2n) is 6.06. The number of allylic oxidation sites excluding steroid dienone is 1. The van der Waals surface area contributed by atoms with E-state index in [-0.39, 0.29) is 6.54 Å². The number of benzene rings is 1. The first kappa shape index (κ1) is 17.7. The first-order valence-corrected chi connectivity index (χ1v) is 9.42. The minimum Gasteiger partial charge on any atom is -0.207 e. The zero-order valence-electron chi connectivity index (χ0n) is 13.8. The molecular weight excluding hydrogens is 306 g/mol. The van der Waals surface area contributed by atoms with Crippen LogP contribution in [0.1, 0.15) is 31.2 Å². The van der Waals surface area contributed by atoms with Crippen LogP contribution in [0.2, 0.25) is 0 Å². The summed E-state index contributed by atoms with van der Waals surface area (Å²) in [5.41, 5.74) is 2.95. The Balaban J connectivity index is 2.30. The molecule has 1 aromatic rings. The highest BCUT2D eigenvalue weighted by molar-refractivity contribution is 7.89. The highest BCUT2D eigenvalue weighted by atomic mass is 32.2. The maximum Gasteiger partial charge on any atom is 0.243 e. The number of rotatable bonds is 7. The topological polar surface area (TPSA) is 37.4 Å². The van der Waals surface area contributed by atoms with E-state index in [1.807, 2.05) is 19.1 Å². The molecule has 0 aliphatic heterocycles. The van der Waals surface area contributed by atoms with Crippen LogP contribution in [-0.4, -0.2) is 25.8 Å². The van der Waals surface area contributed by atoms with Crippen LogP contribution in [0.15, 0.2) is 65.6 Å². The Morgan fingerprint density at radius 2 is 1.96 bits per heavy atom. The van der Waals surface area contributed by atoms with Gasteiger partial charge in [0.15, 0.2) is 0 Å². The van der Waals surface area contributed by atoms with Crippen molar-refractivity contribution in [1.82, 2.24) is 4.31 Å². The minimum absolute atomic E-state index is 0.275. The summed E-state index contributed by atoms with van der Waals surface area (Å²) in [7, 11) is -3.54. The molecule has 1 aromatic carbocycles. The molecule has 0 amide bonds. The molecule has 0 atom stereocenters. The molecule has 0 radical (unpaired) electrons. The molecule has 124 valence electrons. The van der Waals surface area contributed by atoms with Gasteiger partial charge in [-0.25, -0.2) is 8.42 Å². The Labute approximate surface area is 140 Å². The maximum absolute atomic E-state index is 13.0. The van der Waals surface area contributed by atoms with E-state index in [2.05, 4.69) is 19.2 Å². The van der Waals surface area contributed by atoms with E-state index in [0.717, 1.165) is 24.8 Å². The van der Waals surface area contributed by atoms with Gasteiger partial charge in [0.1, 0.15) is 0 Å². The predicted molar refractivity (Wildman–Crippen MR) is 95.8 cm³/mol. The van der Waals surface area contributed by atoms with Gasteiger partial charge in [-0.1, -0.05) is 48.6 Å². The molecular formula is C19H25NO2S. The van der Waals surface area contributed by atoms with Gasteiger partial charge < -0.3 is 0 Å². The monoisotopic (exact) mass is 331 g/mol. The van der Waals surface area contributed by atoms with Crippen LogP contribution < -0.4 is 0 Å². The molecule has 0 fully saturated rings. The lowest BCUT2D eigenvalue weighted by molar-refractivity contribution is 0.453. The lowest BCUT2D eigenvalue weighted by Crippen LogP contribution is -2.34. The van der Waals surface area contributed by atoms with E-state index in [1.165, 1.54) is 16.3 Å². The van der Waals surface area contributed by atoms with Gasteiger partial charge in [0, 0.05) is 13.1 Å². The Morgan fingerprint density at radius 3 is 2.52 bits per heavy atom. The zero-order chi connectivity index (χ0) is 16.9. The van der Waals surface area contributed by atoms with Crippen LogP contribution >= 0.6 is 0 Å². The first-order chi connectivity index (χ1) is 10.9. The van der Waals surface area contributed by atoms with E-state index >= 15 is 0 Å². The van der Waals surface area contributed by atoms with E-state index in [4.69, 9.17) is 0 Å². The molecule has 1 aliphatic rings. The fraction of sp³-hybridized carbons (Fsp3) is 0.368. The predicted octanol–water partition coefficient (Wildman–Crippen LogP) is 4.23. The third kappa shape index (κ3) is 4.66. The smallest absolute Gasteiger partial charge is 0.207 e. The highest BCUT2D eigenvalue weighted by Crippen LogP contribution is 2.23. The normalized spacial score (nSPS) is 15.3. The Hall–Kier alpha value is -1.65. The molecule has 0 unspecified atom stereocenters. The van der Waals surface area contributed by atoms with Crippen molar-refractivity contribution in [3.05, 3.63) is 66.3 Å². The van der Waals surface area contributed by atoms with Crippen LogP contribution in [0.4, 0.5) is 0 Å². The van der Waals surface area contributed by atoms with Gasteiger partial charge in [-0.15, -0.1) is 0 Å². The number of hydrogen-bond donors (Lipinski definition) is 0.